The molecule has 2 rings (SSSR count). The third kappa shape index (κ3) is 9.97. The standard InChI is InChI=1S/C28H39FN2O4/c1-5-7-8-9-10-20-31(27(33)30-24-15-13-23(29)14-16-24)21-19-22-11-17-25(18-12-22)35-28(3,4)26(32)34-6-2/h11-18H,5-10,19-21H2,1-4H3,(H,30,33). The maximum atomic E-state index is 13.2. The Hall–Kier alpha value is -3.09. The van der Waals surface area contributed by atoms with Crippen molar-refractivity contribution in [3.63, 3.8) is 0 Å². The van der Waals surface area contributed by atoms with Crippen LogP contribution in [0.3, 0.4) is 0 Å². The van der Waals surface area contributed by atoms with Crippen LogP contribution >= 0.6 is 0 Å². The number of urea groups is 1. The number of anilines is 1. The average Bonchev–Trinajstić information content (AvgIpc) is 2.83. The first kappa shape index (κ1) is 28.1. The third-order valence-electron chi connectivity index (χ3n) is 5.65. The summed E-state index contributed by atoms with van der Waals surface area (Å²) in [6.45, 7) is 8.80. The summed E-state index contributed by atoms with van der Waals surface area (Å²) >= 11 is 0. The first-order valence-electron chi connectivity index (χ1n) is 12.5. The van der Waals surface area contributed by atoms with Crippen LogP contribution in [0.4, 0.5) is 14.9 Å². The van der Waals surface area contributed by atoms with Crippen LogP contribution in [0.25, 0.3) is 0 Å². The molecule has 0 aliphatic heterocycles. The van der Waals surface area contributed by atoms with E-state index in [1.54, 1.807) is 32.9 Å². The van der Waals surface area contributed by atoms with Gasteiger partial charge in [0.2, 0.25) is 0 Å². The van der Waals surface area contributed by atoms with E-state index in [-0.39, 0.29) is 11.8 Å². The van der Waals surface area contributed by atoms with Gasteiger partial charge in [0.25, 0.3) is 0 Å². The van der Waals surface area contributed by atoms with Crippen LogP contribution in [0, 0.1) is 5.82 Å². The quantitative estimate of drug-likeness (QED) is 0.241. The number of ether oxygens (including phenoxy) is 2. The van der Waals surface area contributed by atoms with Crippen LogP contribution in [0.15, 0.2) is 48.5 Å². The van der Waals surface area contributed by atoms with E-state index in [1.165, 1.54) is 25.0 Å². The monoisotopic (exact) mass is 486 g/mol. The van der Waals surface area contributed by atoms with Crippen molar-refractivity contribution in [2.45, 2.75) is 71.8 Å². The van der Waals surface area contributed by atoms with E-state index in [1.807, 2.05) is 29.2 Å². The van der Waals surface area contributed by atoms with Crippen LogP contribution in [0.1, 0.15) is 65.4 Å². The molecule has 192 valence electrons. The molecule has 0 aromatic heterocycles. The van der Waals surface area contributed by atoms with Crippen molar-refractivity contribution < 1.29 is 23.5 Å². The van der Waals surface area contributed by atoms with Gasteiger partial charge in [0, 0.05) is 18.8 Å². The van der Waals surface area contributed by atoms with Gasteiger partial charge in [-0.3, -0.25) is 0 Å². The fourth-order valence-electron chi connectivity index (χ4n) is 3.59. The van der Waals surface area contributed by atoms with Crippen molar-refractivity contribution in [1.29, 1.82) is 0 Å². The van der Waals surface area contributed by atoms with E-state index in [2.05, 4.69) is 12.2 Å². The maximum Gasteiger partial charge on any atom is 0.349 e. The van der Waals surface area contributed by atoms with Gasteiger partial charge in [0.05, 0.1) is 6.61 Å². The minimum absolute atomic E-state index is 0.191. The Kier molecular flexibility index (Phi) is 11.5. The van der Waals surface area contributed by atoms with Gasteiger partial charge in [-0.15, -0.1) is 0 Å². The number of halogens is 1. The molecule has 1 N–H and O–H groups in total. The Labute approximate surface area is 208 Å². The molecule has 0 saturated carbocycles. The number of amides is 2. The number of nitrogens with zero attached hydrogens (tertiary/aromatic N) is 1. The molecule has 2 aromatic carbocycles. The Morgan fingerprint density at radius 1 is 0.914 bits per heavy atom. The number of unbranched alkanes of at least 4 members (excludes halogenated alkanes) is 4. The molecular weight excluding hydrogens is 447 g/mol. The minimum Gasteiger partial charge on any atom is -0.476 e. The van der Waals surface area contributed by atoms with E-state index >= 15 is 0 Å². The molecule has 35 heavy (non-hydrogen) atoms. The molecule has 0 heterocycles. The van der Waals surface area contributed by atoms with Gasteiger partial charge in [0.15, 0.2) is 5.60 Å². The van der Waals surface area contributed by atoms with Crippen molar-refractivity contribution in [2.75, 3.05) is 25.0 Å². The normalized spacial score (nSPS) is 11.1. The lowest BCUT2D eigenvalue weighted by molar-refractivity contribution is -0.158. The smallest absolute Gasteiger partial charge is 0.349 e. The Morgan fingerprint density at radius 3 is 2.20 bits per heavy atom. The second-order valence-electron chi connectivity index (χ2n) is 9.07. The maximum absolute atomic E-state index is 13.2. The van der Waals surface area contributed by atoms with E-state index in [0.717, 1.165) is 24.8 Å². The second kappa shape index (κ2) is 14.3. The van der Waals surface area contributed by atoms with Gasteiger partial charge in [-0.25, -0.2) is 14.0 Å². The molecule has 0 radical (unpaired) electrons. The van der Waals surface area contributed by atoms with Crippen molar-refractivity contribution in [1.82, 2.24) is 4.90 Å². The molecule has 2 aromatic rings. The number of rotatable bonds is 14. The van der Waals surface area contributed by atoms with E-state index in [9.17, 15) is 14.0 Å². The van der Waals surface area contributed by atoms with Gasteiger partial charge in [-0.1, -0.05) is 44.7 Å². The summed E-state index contributed by atoms with van der Waals surface area (Å²) in [5, 5.41) is 2.87. The molecule has 7 heteroatoms. The summed E-state index contributed by atoms with van der Waals surface area (Å²) in [5.41, 5.74) is 0.542. The third-order valence-corrected chi connectivity index (χ3v) is 5.65. The summed E-state index contributed by atoms with van der Waals surface area (Å²) in [7, 11) is 0. The van der Waals surface area contributed by atoms with E-state index in [0.29, 0.717) is 37.6 Å². The summed E-state index contributed by atoms with van der Waals surface area (Å²) < 4.78 is 24.1. The highest BCUT2D eigenvalue weighted by atomic mass is 19.1. The van der Waals surface area contributed by atoms with Crippen LogP contribution < -0.4 is 10.1 Å². The van der Waals surface area contributed by atoms with Crippen LogP contribution in [-0.2, 0) is 16.0 Å². The highest BCUT2D eigenvalue weighted by molar-refractivity contribution is 5.89. The molecular formula is C28H39FN2O4. The molecule has 0 aliphatic rings. The van der Waals surface area contributed by atoms with Crippen molar-refractivity contribution >= 4 is 17.7 Å². The zero-order valence-corrected chi connectivity index (χ0v) is 21.4. The number of benzene rings is 2. The first-order chi connectivity index (χ1) is 16.7. The lowest BCUT2D eigenvalue weighted by Gasteiger charge is -2.24. The highest BCUT2D eigenvalue weighted by Gasteiger charge is 2.31. The largest absolute Gasteiger partial charge is 0.476 e. The Balaban J connectivity index is 1.97. The van der Waals surface area contributed by atoms with Gasteiger partial charge < -0.3 is 19.7 Å². The highest BCUT2D eigenvalue weighted by Crippen LogP contribution is 2.21. The number of nitrogens with one attached hydrogen (secondary N) is 1. The molecule has 0 aliphatic carbocycles. The minimum atomic E-state index is -1.08. The fraction of sp³-hybridized carbons (Fsp3) is 0.500. The van der Waals surface area contributed by atoms with Crippen LogP contribution in [0.2, 0.25) is 0 Å². The van der Waals surface area contributed by atoms with Gasteiger partial charge in [0.1, 0.15) is 11.6 Å². The number of carbonyl (C=O) groups excluding carboxylic acids is 2. The molecule has 0 fully saturated rings. The first-order valence-corrected chi connectivity index (χ1v) is 12.5. The van der Waals surface area contributed by atoms with Crippen molar-refractivity contribution in [3.8, 4) is 5.75 Å². The molecule has 2 amide bonds. The number of hydrogen-bond acceptors (Lipinski definition) is 4. The number of esters is 1. The fourth-order valence-corrected chi connectivity index (χ4v) is 3.59. The second-order valence-corrected chi connectivity index (χ2v) is 9.07. The molecule has 0 spiro atoms. The topological polar surface area (TPSA) is 67.9 Å². The number of carbonyl (C=O) groups is 2. The molecule has 6 nitrogen and oxygen atoms in total. The summed E-state index contributed by atoms with van der Waals surface area (Å²) in [4.78, 5) is 26.8. The summed E-state index contributed by atoms with van der Waals surface area (Å²) in [5.74, 6) is -0.173. The predicted octanol–water partition coefficient (Wildman–Crippen LogP) is 6.59. The predicted molar refractivity (Wildman–Crippen MR) is 137 cm³/mol. The SMILES string of the molecule is CCCCCCCN(CCc1ccc(OC(C)(C)C(=O)OCC)cc1)C(=O)Nc1ccc(F)cc1. The van der Waals surface area contributed by atoms with Crippen molar-refractivity contribution in [3.05, 3.63) is 59.9 Å². The van der Waals surface area contributed by atoms with Gasteiger partial charge in [-0.05, 0) is 75.6 Å². The zero-order chi connectivity index (χ0) is 25.7. The van der Waals surface area contributed by atoms with Crippen LogP contribution in [0.5, 0.6) is 5.75 Å². The Bertz CT molecular complexity index is 914. The summed E-state index contributed by atoms with van der Waals surface area (Å²) in [6.07, 6.45) is 6.22. The molecule has 0 atom stereocenters. The lowest BCUT2D eigenvalue weighted by Crippen LogP contribution is -2.39. The van der Waals surface area contributed by atoms with E-state index in [4.69, 9.17) is 9.47 Å². The average molecular weight is 487 g/mol. The molecule has 0 bridgehead atoms. The Morgan fingerprint density at radius 2 is 1.57 bits per heavy atom. The summed E-state index contributed by atoms with van der Waals surface area (Å²) in [6, 6.07) is 13.1. The van der Waals surface area contributed by atoms with Crippen molar-refractivity contribution in [2.24, 2.45) is 0 Å². The number of hydrogen-bond donors (Lipinski definition) is 1. The molecule has 0 unspecified atom stereocenters. The van der Waals surface area contributed by atoms with Gasteiger partial charge >= 0.3 is 12.0 Å². The lowest BCUT2D eigenvalue weighted by atomic mass is 10.1. The van der Waals surface area contributed by atoms with Crippen LogP contribution in [-0.4, -0.2) is 42.2 Å². The zero-order valence-electron chi connectivity index (χ0n) is 21.4. The molecule has 0 saturated heterocycles. The van der Waals surface area contributed by atoms with Gasteiger partial charge in [-0.2, -0.15) is 0 Å². The van der Waals surface area contributed by atoms with E-state index < -0.39 is 11.6 Å².